The minimum absolute atomic E-state index is 0.173. The molecule has 0 spiro atoms. The van der Waals surface area contributed by atoms with E-state index in [-0.39, 0.29) is 17.4 Å². The molecule has 1 aliphatic rings. The number of carbonyl (C=O) groups excluding carboxylic acids is 1. The Kier molecular flexibility index (Phi) is 4.94. The summed E-state index contributed by atoms with van der Waals surface area (Å²) in [5.41, 5.74) is 2.16. The van der Waals surface area contributed by atoms with E-state index in [4.69, 9.17) is 4.74 Å². The number of methoxy groups -OCH3 is 1. The van der Waals surface area contributed by atoms with Crippen molar-refractivity contribution in [2.75, 3.05) is 41.9 Å². The fourth-order valence-electron chi connectivity index (χ4n) is 2.67. The molecule has 2 aromatic carbocycles. The second-order valence-electron chi connectivity index (χ2n) is 5.87. The van der Waals surface area contributed by atoms with Crippen LogP contribution in [0.4, 0.5) is 11.4 Å². The van der Waals surface area contributed by atoms with Crippen LogP contribution in [0.2, 0.25) is 0 Å². The molecule has 0 aromatic heterocycles. The molecule has 1 amide bonds. The first-order valence-electron chi connectivity index (χ1n) is 7.98. The number of benzene rings is 2. The number of nitrogens with one attached hydrogen (secondary N) is 1. The molecular formula is C18H20N2O4S. The number of hydrogen-bond acceptors (Lipinski definition) is 5. The Balaban J connectivity index is 1.64. The molecule has 1 fully saturated rings. The summed E-state index contributed by atoms with van der Waals surface area (Å²) in [7, 11) is -1.31. The van der Waals surface area contributed by atoms with Crippen LogP contribution in [0.15, 0.2) is 48.5 Å². The zero-order chi connectivity index (χ0) is 17.9. The van der Waals surface area contributed by atoms with Gasteiger partial charge in [-0.05, 0) is 48.5 Å². The highest BCUT2D eigenvalue weighted by Gasteiger charge is 2.21. The molecule has 1 heterocycles. The zero-order valence-corrected chi connectivity index (χ0v) is 14.8. The minimum atomic E-state index is -2.90. The van der Waals surface area contributed by atoms with Gasteiger partial charge in [-0.25, -0.2) is 8.42 Å². The van der Waals surface area contributed by atoms with Gasteiger partial charge in [0.15, 0.2) is 9.84 Å². The van der Waals surface area contributed by atoms with Gasteiger partial charge < -0.3 is 15.0 Å². The molecule has 0 unspecified atom stereocenters. The second kappa shape index (κ2) is 7.14. The molecule has 25 heavy (non-hydrogen) atoms. The van der Waals surface area contributed by atoms with Gasteiger partial charge in [0.2, 0.25) is 0 Å². The lowest BCUT2D eigenvalue weighted by molar-refractivity contribution is 0.102. The highest BCUT2D eigenvalue weighted by atomic mass is 32.2. The van der Waals surface area contributed by atoms with E-state index in [1.54, 1.807) is 43.5 Å². The van der Waals surface area contributed by atoms with Gasteiger partial charge >= 0.3 is 0 Å². The van der Waals surface area contributed by atoms with Crippen molar-refractivity contribution in [2.45, 2.75) is 0 Å². The topological polar surface area (TPSA) is 75.7 Å². The normalized spacial score (nSPS) is 16.3. The molecule has 6 nitrogen and oxygen atoms in total. The predicted octanol–water partition coefficient (Wildman–Crippen LogP) is 2.18. The van der Waals surface area contributed by atoms with Crippen molar-refractivity contribution in [2.24, 2.45) is 0 Å². The van der Waals surface area contributed by atoms with Gasteiger partial charge in [0, 0.05) is 30.0 Å². The predicted molar refractivity (Wildman–Crippen MR) is 98.3 cm³/mol. The van der Waals surface area contributed by atoms with Gasteiger partial charge in [-0.2, -0.15) is 0 Å². The Morgan fingerprint density at radius 3 is 2.16 bits per heavy atom. The molecule has 7 heteroatoms. The van der Waals surface area contributed by atoms with E-state index in [1.807, 2.05) is 17.0 Å². The van der Waals surface area contributed by atoms with E-state index in [9.17, 15) is 13.2 Å². The zero-order valence-electron chi connectivity index (χ0n) is 13.9. The molecule has 0 saturated carbocycles. The molecule has 0 aliphatic carbocycles. The van der Waals surface area contributed by atoms with Crippen molar-refractivity contribution in [1.82, 2.24) is 0 Å². The first-order chi connectivity index (χ1) is 12.0. The van der Waals surface area contributed by atoms with Gasteiger partial charge in [-0.15, -0.1) is 0 Å². The molecule has 132 valence electrons. The summed E-state index contributed by atoms with van der Waals surface area (Å²) in [5.74, 6) is 0.878. The third-order valence-corrected chi connectivity index (χ3v) is 5.80. The highest BCUT2D eigenvalue weighted by Crippen LogP contribution is 2.20. The molecule has 1 aliphatic heterocycles. The number of ether oxygens (including phenoxy) is 1. The minimum Gasteiger partial charge on any atom is -0.497 e. The standard InChI is InChI=1S/C18H20N2O4S/c1-24-17-8-4-15(5-9-17)19-18(21)14-2-6-16(7-3-14)20-10-12-25(22,23)13-11-20/h2-9H,10-13H2,1H3,(H,19,21). The number of amides is 1. The lowest BCUT2D eigenvalue weighted by Gasteiger charge is -2.28. The Bertz CT molecular complexity index is 832. The van der Waals surface area contributed by atoms with E-state index in [0.717, 1.165) is 11.4 Å². The SMILES string of the molecule is COc1ccc(NC(=O)c2ccc(N3CCS(=O)(=O)CC3)cc2)cc1. The Morgan fingerprint density at radius 2 is 1.60 bits per heavy atom. The first kappa shape index (κ1) is 17.3. The molecule has 0 bridgehead atoms. The number of sulfone groups is 1. The fourth-order valence-corrected chi connectivity index (χ4v) is 3.87. The number of anilines is 2. The number of hydrogen-bond donors (Lipinski definition) is 1. The summed E-state index contributed by atoms with van der Waals surface area (Å²) in [5, 5.41) is 2.83. The van der Waals surface area contributed by atoms with Crippen molar-refractivity contribution >= 4 is 27.1 Å². The average Bonchev–Trinajstić information content (AvgIpc) is 2.62. The summed E-state index contributed by atoms with van der Waals surface area (Å²) in [4.78, 5) is 14.3. The van der Waals surface area contributed by atoms with Crippen LogP contribution in [0.1, 0.15) is 10.4 Å². The summed E-state index contributed by atoms with van der Waals surface area (Å²) in [6.45, 7) is 0.972. The first-order valence-corrected chi connectivity index (χ1v) is 9.80. The Labute approximate surface area is 147 Å². The third kappa shape index (κ3) is 4.30. The average molecular weight is 360 g/mol. The lowest BCUT2D eigenvalue weighted by atomic mass is 10.1. The molecule has 0 atom stereocenters. The monoisotopic (exact) mass is 360 g/mol. The van der Waals surface area contributed by atoms with Crippen LogP contribution >= 0.6 is 0 Å². The molecule has 2 aromatic rings. The lowest BCUT2D eigenvalue weighted by Crippen LogP contribution is -2.40. The molecular weight excluding hydrogens is 340 g/mol. The number of nitrogens with zero attached hydrogens (tertiary/aromatic N) is 1. The van der Waals surface area contributed by atoms with Crippen LogP contribution in [0, 0.1) is 0 Å². The maximum Gasteiger partial charge on any atom is 0.255 e. The maximum absolute atomic E-state index is 12.3. The van der Waals surface area contributed by atoms with Gasteiger partial charge in [0.05, 0.1) is 18.6 Å². The second-order valence-corrected chi connectivity index (χ2v) is 8.17. The van der Waals surface area contributed by atoms with Crippen molar-refractivity contribution in [3.05, 3.63) is 54.1 Å². The number of rotatable bonds is 4. The van der Waals surface area contributed by atoms with E-state index in [2.05, 4.69) is 5.32 Å². The van der Waals surface area contributed by atoms with Crippen LogP contribution in [0.25, 0.3) is 0 Å². The van der Waals surface area contributed by atoms with Crippen molar-refractivity contribution < 1.29 is 17.9 Å². The third-order valence-electron chi connectivity index (χ3n) is 4.19. The summed E-state index contributed by atoms with van der Waals surface area (Å²) in [6, 6.07) is 14.3. The van der Waals surface area contributed by atoms with Crippen LogP contribution in [-0.2, 0) is 9.84 Å². The summed E-state index contributed by atoms with van der Waals surface area (Å²) < 4.78 is 28.1. The van der Waals surface area contributed by atoms with Crippen LogP contribution in [0.5, 0.6) is 5.75 Å². The van der Waals surface area contributed by atoms with Crippen molar-refractivity contribution in [3.63, 3.8) is 0 Å². The van der Waals surface area contributed by atoms with Gasteiger partial charge in [-0.1, -0.05) is 0 Å². The molecule has 3 rings (SSSR count). The van der Waals surface area contributed by atoms with Gasteiger partial charge in [-0.3, -0.25) is 4.79 Å². The van der Waals surface area contributed by atoms with Gasteiger partial charge in [0.1, 0.15) is 5.75 Å². The molecule has 1 saturated heterocycles. The smallest absolute Gasteiger partial charge is 0.255 e. The van der Waals surface area contributed by atoms with Crippen LogP contribution < -0.4 is 15.0 Å². The van der Waals surface area contributed by atoms with E-state index >= 15 is 0 Å². The van der Waals surface area contributed by atoms with Crippen LogP contribution in [-0.4, -0.2) is 46.0 Å². The van der Waals surface area contributed by atoms with Crippen molar-refractivity contribution in [1.29, 1.82) is 0 Å². The fraction of sp³-hybridized carbons (Fsp3) is 0.278. The van der Waals surface area contributed by atoms with Crippen molar-refractivity contribution in [3.8, 4) is 5.75 Å². The largest absolute Gasteiger partial charge is 0.497 e. The summed E-state index contributed by atoms with van der Waals surface area (Å²) >= 11 is 0. The van der Waals surface area contributed by atoms with E-state index in [1.165, 1.54) is 0 Å². The number of carbonyl (C=O) groups is 1. The maximum atomic E-state index is 12.3. The Hall–Kier alpha value is -2.54. The van der Waals surface area contributed by atoms with E-state index < -0.39 is 9.84 Å². The quantitative estimate of drug-likeness (QED) is 0.904. The van der Waals surface area contributed by atoms with Gasteiger partial charge in [0.25, 0.3) is 5.91 Å². The Morgan fingerprint density at radius 1 is 1.00 bits per heavy atom. The molecule has 0 radical (unpaired) electrons. The van der Waals surface area contributed by atoms with Crippen LogP contribution in [0.3, 0.4) is 0 Å². The summed E-state index contributed by atoms with van der Waals surface area (Å²) in [6.07, 6.45) is 0. The highest BCUT2D eigenvalue weighted by molar-refractivity contribution is 7.91. The molecule has 1 N–H and O–H groups in total. The van der Waals surface area contributed by atoms with E-state index in [0.29, 0.717) is 24.3 Å².